The Bertz CT molecular complexity index is 572. The van der Waals surface area contributed by atoms with E-state index >= 15 is 0 Å². The van der Waals surface area contributed by atoms with Gasteiger partial charge < -0.3 is 10.5 Å². The summed E-state index contributed by atoms with van der Waals surface area (Å²) >= 11 is 0. The summed E-state index contributed by atoms with van der Waals surface area (Å²) in [4.78, 5) is 0.145. The molecule has 1 saturated carbocycles. The number of hydrogen-bond donors (Lipinski definition) is 2. The number of ether oxygens (including phenoxy) is 1. The third-order valence-corrected chi connectivity index (χ3v) is 5.42. The van der Waals surface area contributed by atoms with Crippen molar-refractivity contribution in [3.05, 3.63) is 18.2 Å². The number of nitrogens with one attached hydrogen (secondary N) is 1. The van der Waals surface area contributed by atoms with E-state index in [9.17, 15) is 8.42 Å². The summed E-state index contributed by atoms with van der Waals surface area (Å²) in [6.45, 7) is 2.09. The molecule has 1 aliphatic rings. The van der Waals surface area contributed by atoms with Crippen LogP contribution < -0.4 is 15.2 Å². The number of nitrogens with two attached hydrogens (primary N) is 1. The van der Waals surface area contributed by atoms with Crippen molar-refractivity contribution in [2.24, 2.45) is 5.92 Å². The Morgan fingerprint density at radius 3 is 2.65 bits per heavy atom. The minimum absolute atomic E-state index is 0.00370. The van der Waals surface area contributed by atoms with Crippen molar-refractivity contribution >= 4 is 15.7 Å². The van der Waals surface area contributed by atoms with E-state index in [1.165, 1.54) is 25.7 Å². The van der Waals surface area contributed by atoms with E-state index in [2.05, 4.69) is 11.6 Å². The molecular weight excluding hydrogens is 276 g/mol. The standard InChI is InChI=1S/C14H22N2O3S/c1-10-5-3-4-6-12(10)16-20(17,18)14-8-7-11(15)9-13(14)19-2/h7-10,12,16H,3-6,15H2,1-2H3. The Labute approximate surface area is 120 Å². The zero-order valence-corrected chi connectivity index (χ0v) is 12.7. The quantitative estimate of drug-likeness (QED) is 0.834. The molecule has 0 saturated heterocycles. The predicted octanol–water partition coefficient (Wildman–Crippen LogP) is 2.13. The van der Waals surface area contributed by atoms with Gasteiger partial charge in [0.2, 0.25) is 10.0 Å². The summed E-state index contributed by atoms with van der Waals surface area (Å²) in [7, 11) is -2.14. The van der Waals surface area contributed by atoms with Crippen LogP contribution in [0.1, 0.15) is 32.6 Å². The number of hydrogen-bond acceptors (Lipinski definition) is 4. The van der Waals surface area contributed by atoms with Gasteiger partial charge >= 0.3 is 0 Å². The van der Waals surface area contributed by atoms with Crippen LogP contribution in [0.15, 0.2) is 23.1 Å². The summed E-state index contributed by atoms with van der Waals surface area (Å²) < 4.78 is 32.9. The van der Waals surface area contributed by atoms with Gasteiger partial charge in [-0.2, -0.15) is 0 Å². The van der Waals surface area contributed by atoms with Crippen molar-refractivity contribution in [3.63, 3.8) is 0 Å². The van der Waals surface area contributed by atoms with Gasteiger partial charge in [0.15, 0.2) is 0 Å². The molecule has 5 nitrogen and oxygen atoms in total. The van der Waals surface area contributed by atoms with Crippen LogP contribution in [0.2, 0.25) is 0 Å². The van der Waals surface area contributed by atoms with Gasteiger partial charge in [0, 0.05) is 17.8 Å². The molecular formula is C14H22N2O3S. The van der Waals surface area contributed by atoms with Gasteiger partial charge in [-0.3, -0.25) is 0 Å². The third kappa shape index (κ3) is 3.24. The highest BCUT2D eigenvalue weighted by Crippen LogP contribution is 2.29. The lowest BCUT2D eigenvalue weighted by atomic mass is 9.87. The van der Waals surface area contributed by atoms with E-state index in [0.29, 0.717) is 11.6 Å². The maximum atomic E-state index is 12.5. The molecule has 1 aromatic rings. The van der Waals surface area contributed by atoms with Crippen molar-refractivity contribution in [2.45, 2.75) is 43.5 Å². The van der Waals surface area contributed by atoms with Gasteiger partial charge in [-0.05, 0) is 30.9 Å². The third-order valence-electron chi connectivity index (χ3n) is 3.90. The highest BCUT2D eigenvalue weighted by atomic mass is 32.2. The highest BCUT2D eigenvalue weighted by Gasteiger charge is 2.28. The fourth-order valence-corrected chi connectivity index (χ4v) is 4.19. The molecule has 3 N–H and O–H groups in total. The average Bonchev–Trinajstić information content (AvgIpc) is 2.40. The Kier molecular flexibility index (Phi) is 4.55. The summed E-state index contributed by atoms with van der Waals surface area (Å²) in [6, 6.07) is 4.58. The first-order valence-corrected chi connectivity index (χ1v) is 8.38. The zero-order chi connectivity index (χ0) is 14.8. The van der Waals surface area contributed by atoms with E-state index in [1.54, 1.807) is 6.07 Å². The van der Waals surface area contributed by atoms with Crippen molar-refractivity contribution < 1.29 is 13.2 Å². The molecule has 0 aromatic heterocycles. The molecule has 1 fully saturated rings. The first-order chi connectivity index (χ1) is 9.44. The Morgan fingerprint density at radius 2 is 2.00 bits per heavy atom. The number of sulfonamides is 1. The monoisotopic (exact) mass is 298 g/mol. The summed E-state index contributed by atoms with van der Waals surface area (Å²) in [5, 5.41) is 0. The summed E-state index contributed by atoms with van der Waals surface area (Å²) in [6.07, 6.45) is 4.19. The molecule has 1 aliphatic carbocycles. The highest BCUT2D eigenvalue weighted by molar-refractivity contribution is 7.89. The van der Waals surface area contributed by atoms with Crippen LogP contribution in [-0.2, 0) is 10.0 Å². The molecule has 2 atom stereocenters. The predicted molar refractivity (Wildman–Crippen MR) is 79.1 cm³/mol. The van der Waals surface area contributed by atoms with Crippen molar-refractivity contribution in [3.8, 4) is 5.75 Å². The Hall–Kier alpha value is -1.27. The van der Waals surface area contributed by atoms with Crippen molar-refractivity contribution in [2.75, 3.05) is 12.8 Å². The second kappa shape index (κ2) is 6.01. The molecule has 20 heavy (non-hydrogen) atoms. The number of nitrogen functional groups attached to an aromatic ring is 1. The molecule has 0 aliphatic heterocycles. The second-order valence-corrected chi connectivity index (χ2v) is 7.08. The SMILES string of the molecule is COc1cc(N)ccc1S(=O)(=O)NC1CCCCC1C. The maximum Gasteiger partial charge on any atom is 0.244 e. The molecule has 2 rings (SSSR count). The van der Waals surface area contributed by atoms with Crippen LogP contribution in [0.3, 0.4) is 0 Å². The molecule has 1 aromatic carbocycles. The van der Waals surface area contributed by atoms with Crippen LogP contribution in [0.25, 0.3) is 0 Å². The molecule has 0 heterocycles. The van der Waals surface area contributed by atoms with Crippen LogP contribution >= 0.6 is 0 Å². The van der Waals surface area contributed by atoms with Gasteiger partial charge in [0.05, 0.1) is 7.11 Å². The molecule has 0 bridgehead atoms. The van der Waals surface area contributed by atoms with Gasteiger partial charge in [0.1, 0.15) is 10.6 Å². The molecule has 6 heteroatoms. The van der Waals surface area contributed by atoms with E-state index in [1.807, 2.05) is 0 Å². The van der Waals surface area contributed by atoms with Gasteiger partial charge in [0.25, 0.3) is 0 Å². The lowest BCUT2D eigenvalue weighted by Crippen LogP contribution is -2.41. The normalized spacial score (nSPS) is 23.5. The van der Waals surface area contributed by atoms with Crippen LogP contribution in [0.5, 0.6) is 5.75 Å². The van der Waals surface area contributed by atoms with E-state index < -0.39 is 10.0 Å². The topological polar surface area (TPSA) is 81.4 Å². The van der Waals surface area contributed by atoms with Gasteiger partial charge in [-0.25, -0.2) is 13.1 Å². The largest absolute Gasteiger partial charge is 0.495 e. The van der Waals surface area contributed by atoms with Crippen molar-refractivity contribution in [1.82, 2.24) is 4.72 Å². The number of rotatable bonds is 4. The number of methoxy groups -OCH3 is 1. The molecule has 0 spiro atoms. The first kappa shape index (κ1) is 15.1. The Balaban J connectivity index is 2.26. The molecule has 2 unspecified atom stereocenters. The van der Waals surface area contributed by atoms with Gasteiger partial charge in [-0.1, -0.05) is 19.8 Å². The zero-order valence-electron chi connectivity index (χ0n) is 11.9. The van der Waals surface area contributed by atoms with Crippen LogP contribution in [0, 0.1) is 5.92 Å². The lowest BCUT2D eigenvalue weighted by molar-refractivity contribution is 0.310. The maximum absolute atomic E-state index is 12.5. The fourth-order valence-electron chi connectivity index (χ4n) is 2.66. The van der Waals surface area contributed by atoms with E-state index in [4.69, 9.17) is 10.5 Å². The molecule has 0 radical (unpaired) electrons. The summed E-state index contributed by atoms with van der Waals surface area (Å²) in [5.74, 6) is 0.638. The molecule has 0 amide bonds. The second-order valence-electron chi connectivity index (χ2n) is 5.40. The van der Waals surface area contributed by atoms with Crippen molar-refractivity contribution in [1.29, 1.82) is 0 Å². The summed E-state index contributed by atoms with van der Waals surface area (Å²) in [5.41, 5.74) is 6.14. The smallest absolute Gasteiger partial charge is 0.244 e. The average molecular weight is 298 g/mol. The fraction of sp³-hybridized carbons (Fsp3) is 0.571. The molecule has 112 valence electrons. The lowest BCUT2D eigenvalue weighted by Gasteiger charge is -2.29. The van der Waals surface area contributed by atoms with E-state index in [0.717, 1.165) is 19.3 Å². The van der Waals surface area contributed by atoms with Crippen LogP contribution in [-0.4, -0.2) is 21.6 Å². The Morgan fingerprint density at radius 1 is 1.30 bits per heavy atom. The first-order valence-electron chi connectivity index (χ1n) is 6.90. The minimum atomic E-state index is -3.58. The minimum Gasteiger partial charge on any atom is -0.495 e. The van der Waals surface area contributed by atoms with Gasteiger partial charge in [-0.15, -0.1) is 0 Å². The number of anilines is 1. The number of benzene rings is 1. The van der Waals surface area contributed by atoms with Crippen LogP contribution in [0.4, 0.5) is 5.69 Å². The van der Waals surface area contributed by atoms with E-state index in [-0.39, 0.29) is 16.7 Å².